The Labute approximate surface area is 181 Å². The minimum Gasteiger partial charge on any atom is -0.493 e. The van der Waals surface area contributed by atoms with Gasteiger partial charge in [0.1, 0.15) is 0 Å². The summed E-state index contributed by atoms with van der Waals surface area (Å²) in [6, 6.07) is 9.69. The monoisotopic (exact) mass is 430 g/mol. The summed E-state index contributed by atoms with van der Waals surface area (Å²) in [6.45, 7) is 1.29. The van der Waals surface area contributed by atoms with Gasteiger partial charge in [0.15, 0.2) is 17.5 Å². The van der Waals surface area contributed by atoms with Gasteiger partial charge in [-0.1, -0.05) is 11.6 Å². The molecular weight excluding hydrogens is 404 g/mol. The number of fused-ring (bicyclic) bond motifs is 1. The van der Waals surface area contributed by atoms with Crippen LogP contribution in [0.2, 0.25) is 5.02 Å². The molecule has 0 saturated heterocycles. The van der Waals surface area contributed by atoms with E-state index >= 15 is 0 Å². The molecule has 3 N–H and O–H groups in total. The number of guanidine groups is 1. The van der Waals surface area contributed by atoms with Crippen molar-refractivity contribution < 1.29 is 14.2 Å². The molecule has 1 heterocycles. The van der Waals surface area contributed by atoms with Crippen LogP contribution < -0.4 is 24.8 Å². The minimum absolute atomic E-state index is 0.555. The van der Waals surface area contributed by atoms with Crippen molar-refractivity contribution in [1.82, 2.24) is 15.6 Å². The molecule has 0 aliphatic carbocycles. The summed E-state index contributed by atoms with van der Waals surface area (Å²) < 4.78 is 16.2. The SMILES string of the molecule is CN=C(NCCc1c[nH]c2ccc(Cl)cc12)NCc1cc(OC)c(OC)c(OC)c1. The van der Waals surface area contributed by atoms with Gasteiger partial charge in [0.05, 0.1) is 21.3 Å². The lowest BCUT2D eigenvalue weighted by Gasteiger charge is -2.16. The first-order chi connectivity index (χ1) is 14.6. The smallest absolute Gasteiger partial charge is 0.203 e. The first-order valence-corrected chi connectivity index (χ1v) is 9.96. The van der Waals surface area contributed by atoms with Crippen molar-refractivity contribution in [2.24, 2.45) is 4.99 Å². The minimum atomic E-state index is 0.555. The van der Waals surface area contributed by atoms with Crippen LogP contribution in [0.3, 0.4) is 0 Å². The number of nitrogens with zero attached hydrogens (tertiary/aromatic N) is 1. The number of aromatic amines is 1. The van der Waals surface area contributed by atoms with Crippen molar-refractivity contribution in [1.29, 1.82) is 0 Å². The molecule has 0 amide bonds. The fraction of sp³-hybridized carbons (Fsp3) is 0.318. The lowest BCUT2D eigenvalue weighted by Crippen LogP contribution is -2.37. The first-order valence-electron chi connectivity index (χ1n) is 9.58. The van der Waals surface area contributed by atoms with E-state index in [2.05, 4.69) is 20.6 Å². The van der Waals surface area contributed by atoms with Crippen molar-refractivity contribution in [2.75, 3.05) is 34.9 Å². The predicted octanol–water partition coefficient (Wildman–Crippen LogP) is 3.75. The van der Waals surface area contributed by atoms with E-state index in [1.165, 1.54) is 5.56 Å². The van der Waals surface area contributed by atoms with Crippen molar-refractivity contribution in [3.05, 3.63) is 52.7 Å². The molecule has 8 heteroatoms. The van der Waals surface area contributed by atoms with Gasteiger partial charge in [-0.2, -0.15) is 0 Å². The molecule has 0 unspecified atom stereocenters. The third-order valence-electron chi connectivity index (χ3n) is 4.82. The van der Waals surface area contributed by atoms with Gasteiger partial charge in [-0.05, 0) is 47.9 Å². The number of aliphatic imine (C=N–C) groups is 1. The van der Waals surface area contributed by atoms with Crippen LogP contribution in [-0.4, -0.2) is 45.9 Å². The molecule has 0 bridgehead atoms. The van der Waals surface area contributed by atoms with E-state index in [1.807, 2.05) is 36.5 Å². The highest BCUT2D eigenvalue weighted by Crippen LogP contribution is 2.38. The van der Waals surface area contributed by atoms with E-state index in [0.29, 0.717) is 29.8 Å². The molecule has 0 spiro atoms. The molecule has 3 rings (SSSR count). The summed E-state index contributed by atoms with van der Waals surface area (Å²) in [5, 5.41) is 8.53. The van der Waals surface area contributed by atoms with Gasteiger partial charge in [0.25, 0.3) is 0 Å². The number of hydrogen-bond donors (Lipinski definition) is 3. The number of aromatic nitrogens is 1. The van der Waals surface area contributed by atoms with Crippen LogP contribution in [0.15, 0.2) is 41.5 Å². The van der Waals surface area contributed by atoms with Crippen LogP contribution >= 0.6 is 11.6 Å². The molecule has 1 aromatic heterocycles. The molecular formula is C22H27ClN4O3. The van der Waals surface area contributed by atoms with E-state index in [4.69, 9.17) is 25.8 Å². The van der Waals surface area contributed by atoms with E-state index in [-0.39, 0.29) is 0 Å². The number of rotatable bonds is 8. The van der Waals surface area contributed by atoms with Gasteiger partial charge >= 0.3 is 0 Å². The lowest BCUT2D eigenvalue weighted by molar-refractivity contribution is 0.323. The van der Waals surface area contributed by atoms with E-state index < -0.39 is 0 Å². The molecule has 0 fully saturated rings. The fourth-order valence-electron chi connectivity index (χ4n) is 3.32. The third-order valence-corrected chi connectivity index (χ3v) is 5.06. The number of nitrogens with one attached hydrogen (secondary N) is 3. The standard InChI is InChI=1S/C22H27ClN4O3/c1-24-22(25-8-7-15-13-26-18-6-5-16(23)11-17(15)18)27-12-14-9-19(28-2)21(30-4)20(10-14)29-3/h5-6,9-11,13,26H,7-8,12H2,1-4H3,(H2,24,25,27). The van der Waals surface area contributed by atoms with Gasteiger partial charge in [0, 0.05) is 42.3 Å². The largest absolute Gasteiger partial charge is 0.493 e. The Morgan fingerprint density at radius 3 is 2.40 bits per heavy atom. The van der Waals surface area contributed by atoms with E-state index in [9.17, 15) is 0 Å². The molecule has 160 valence electrons. The van der Waals surface area contributed by atoms with Crippen LogP contribution in [0.25, 0.3) is 10.9 Å². The second-order valence-corrected chi connectivity index (χ2v) is 7.08. The molecule has 7 nitrogen and oxygen atoms in total. The van der Waals surface area contributed by atoms with Crippen LogP contribution in [0.1, 0.15) is 11.1 Å². The van der Waals surface area contributed by atoms with Gasteiger partial charge in [-0.15, -0.1) is 0 Å². The number of H-pyrrole nitrogens is 1. The van der Waals surface area contributed by atoms with Crippen molar-refractivity contribution in [2.45, 2.75) is 13.0 Å². The molecule has 2 aromatic carbocycles. The van der Waals surface area contributed by atoms with Crippen molar-refractivity contribution in [3.63, 3.8) is 0 Å². The molecule has 0 aliphatic rings. The molecule has 3 aromatic rings. The Morgan fingerprint density at radius 1 is 1.03 bits per heavy atom. The molecule has 0 aliphatic heterocycles. The molecule has 0 radical (unpaired) electrons. The Morgan fingerprint density at radius 2 is 1.77 bits per heavy atom. The Hall–Kier alpha value is -3.06. The zero-order valence-electron chi connectivity index (χ0n) is 17.6. The number of halogens is 1. The molecule has 0 saturated carbocycles. The van der Waals surface area contributed by atoms with E-state index in [0.717, 1.165) is 34.5 Å². The van der Waals surface area contributed by atoms with Crippen LogP contribution in [0.5, 0.6) is 17.2 Å². The maximum Gasteiger partial charge on any atom is 0.203 e. The highest BCUT2D eigenvalue weighted by molar-refractivity contribution is 6.31. The second-order valence-electron chi connectivity index (χ2n) is 6.64. The van der Waals surface area contributed by atoms with Gasteiger partial charge < -0.3 is 29.8 Å². The van der Waals surface area contributed by atoms with Crippen molar-refractivity contribution in [3.8, 4) is 17.2 Å². The highest BCUT2D eigenvalue weighted by Gasteiger charge is 2.13. The quantitative estimate of drug-likeness (QED) is 0.374. The topological polar surface area (TPSA) is 79.9 Å². The third kappa shape index (κ3) is 4.91. The fourth-order valence-corrected chi connectivity index (χ4v) is 3.49. The normalized spacial score (nSPS) is 11.4. The summed E-state index contributed by atoms with van der Waals surface area (Å²) in [6.07, 6.45) is 2.86. The average molecular weight is 431 g/mol. The maximum atomic E-state index is 6.13. The Bertz CT molecular complexity index is 1010. The molecule has 30 heavy (non-hydrogen) atoms. The highest BCUT2D eigenvalue weighted by atomic mass is 35.5. The van der Waals surface area contributed by atoms with Gasteiger partial charge in [0.2, 0.25) is 5.75 Å². The average Bonchev–Trinajstić information content (AvgIpc) is 3.17. The summed E-state index contributed by atoms with van der Waals surface area (Å²) in [7, 11) is 6.54. The number of benzene rings is 2. The first kappa shape index (κ1) is 21.6. The van der Waals surface area contributed by atoms with Crippen LogP contribution in [-0.2, 0) is 13.0 Å². The van der Waals surface area contributed by atoms with Gasteiger partial charge in [-0.3, -0.25) is 4.99 Å². The van der Waals surface area contributed by atoms with Gasteiger partial charge in [-0.25, -0.2) is 0 Å². The zero-order chi connectivity index (χ0) is 21.5. The summed E-state index contributed by atoms with van der Waals surface area (Å²) in [4.78, 5) is 7.57. The summed E-state index contributed by atoms with van der Waals surface area (Å²) in [5.74, 6) is 2.52. The lowest BCUT2D eigenvalue weighted by atomic mass is 10.1. The summed E-state index contributed by atoms with van der Waals surface area (Å²) in [5.41, 5.74) is 3.28. The molecule has 0 atom stereocenters. The van der Waals surface area contributed by atoms with Crippen molar-refractivity contribution >= 4 is 28.5 Å². The Balaban J connectivity index is 1.59. The van der Waals surface area contributed by atoms with E-state index in [1.54, 1.807) is 28.4 Å². The number of hydrogen-bond acceptors (Lipinski definition) is 4. The van der Waals surface area contributed by atoms with Crippen LogP contribution in [0, 0.1) is 0 Å². The maximum absolute atomic E-state index is 6.13. The summed E-state index contributed by atoms with van der Waals surface area (Å²) >= 11 is 6.13. The number of ether oxygens (including phenoxy) is 3. The zero-order valence-corrected chi connectivity index (χ0v) is 18.4. The Kier molecular flexibility index (Phi) is 7.30. The second kappa shape index (κ2) is 10.1. The predicted molar refractivity (Wildman–Crippen MR) is 121 cm³/mol. The number of methoxy groups -OCH3 is 3. The van der Waals surface area contributed by atoms with Crippen LogP contribution in [0.4, 0.5) is 0 Å².